The van der Waals surface area contributed by atoms with Gasteiger partial charge in [0.1, 0.15) is 11.6 Å². The Morgan fingerprint density at radius 2 is 2.06 bits per heavy atom. The summed E-state index contributed by atoms with van der Waals surface area (Å²) in [6, 6.07) is 3.25. The number of hydrogen-bond acceptors (Lipinski definition) is 4. The number of aliphatic hydroxyl groups is 1. The van der Waals surface area contributed by atoms with E-state index in [0.717, 1.165) is 10.5 Å². The molecule has 0 saturated heterocycles. The SMILES string of the molecule is C/C=C\C(=C(C)C)/C(=C(/C(CCO)C(=O)O)N(C)C=O)c1ccc2c(c1F)CCCO2. The van der Waals surface area contributed by atoms with Crippen molar-refractivity contribution < 1.29 is 28.9 Å². The first kappa shape index (κ1) is 24.3. The molecule has 0 bridgehead atoms. The number of carbonyl (C=O) groups excluding carboxylic acids is 1. The van der Waals surface area contributed by atoms with E-state index in [-0.39, 0.29) is 17.7 Å². The molecule has 168 valence electrons. The maximum absolute atomic E-state index is 15.8. The van der Waals surface area contributed by atoms with Crippen LogP contribution in [0.2, 0.25) is 0 Å². The van der Waals surface area contributed by atoms with Crippen LogP contribution in [0.15, 0.2) is 41.1 Å². The van der Waals surface area contributed by atoms with Gasteiger partial charge in [-0.1, -0.05) is 17.7 Å². The molecule has 0 spiro atoms. The fourth-order valence-electron chi connectivity index (χ4n) is 3.84. The molecular formula is C24H30FNO5. The first-order valence-corrected chi connectivity index (χ1v) is 10.3. The molecule has 1 atom stereocenters. The van der Waals surface area contributed by atoms with Gasteiger partial charge in [0.15, 0.2) is 0 Å². The number of fused-ring (bicyclic) bond motifs is 1. The van der Waals surface area contributed by atoms with Gasteiger partial charge in [0.2, 0.25) is 6.41 Å². The van der Waals surface area contributed by atoms with Gasteiger partial charge in [-0.15, -0.1) is 0 Å². The van der Waals surface area contributed by atoms with Crippen molar-refractivity contribution in [3.05, 3.63) is 58.1 Å². The van der Waals surface area contributed by atoms with Crippen molar-refractivity contribution in [3.63, 3.8) is 0 Å². The van der Waals surface area contributed by atoms with Gasteiger partial charge < -0.3 is 19.8 Å². The smallest absolute Gasteiger partial charge is 0.312 e. The van der Waals surface area contributed by atoms with E-state index in [0.29, 0.717) is 48.3 Å². The van der Waals surface area contributed by atoms with Crippen molar-refractivity contribution in [2.45, 2.75) is 40.0 Å². The van der Waals surface area contributed by atoms with Gasteiger partial charge >= 0.3 is 5.97 Å². The number of carboxylic acids is 1. The van der Waals surface area contributed by atoms with Crippen molar-refractivity contribution in [3.8, 4) is 5.75 Å². The normalized spacial score (nSPS) is 14.9. The molecule has 1 amide bonds. The molecule has 0 fully saturated rings. The van der Waals surface area contributed by atoms with Crippen LogP contribution in [0.5, 0.6) is 5.75 Å². The van der Waals surface area contributed by atoms with Crippen LogP contribution in [0, 0.1) is 11.7 Å². The number of carbonyl (C=O) groups is 2. The zero-order valence-corrected chi connectivity index (χ0v) is 18.4. The minimum atomic E-state index is -1.21. The van der Waals surface area contributed by atoms with Crippen LogP contribution in [0.25, 0.3) is 5.57 Å². The summed E-state index contributed by atoms with van der Waals surface area (Å²) < 4.78 is 21.4. The standard InChI is InChI=1S/C24H30FNO5/c1-5-7-16(15(2)3)21(23(26(4)14-28)19(11-12-27)24(29)30)18-9-10-20-17(22(18)25)8-6-13-31-20/h5,7,9-10,14,19,27H,6,8,11-13H2,1-4H3,(H,29,30)/b7-5-,23-21+. The molecule has 31 heavy (non-hydrogen) atoms. The lowest BCUT2D eigenvalue weighted by molar-refractivity contribution is -0.141. The summed E-state index contributed by atoms with van der Waals surface area (Å²) in [5.41, 5.74) is 2.53. The minimum absolute atomic E-state index is 0.117. The second-order valence-electron chi connectivity index (χ2n) is 7.65. The van der Waals surface area contributed by atoms with Crippen molar-refractivity contribution >= 4 is 18.0 Å². The first-order valence-electron chi connectivity index (χ1n) is 10.3. The number of hydrogen-bond donors (Lipinski definition) is 2. The van der Waals surface area contributed by atoms with E-state index < -0.39 is 24.3 Å². The molecule has 1 aromatic rings. The predicted octanol–water partition coefficient (Wildman–Crippen LogP) is 3.95. The number of halogens is 1. The van der Waals surface area contributed by atoms with Gasteiger partial charge in [-0.3, -0.25) is 9.59 Å². The number of rotatable bonds is 9. The molecule has 1 aliphatic rings. The molecule has 2 N–H and O–H groups in total. The van der Waals surface area contributed by atoms with E-state index in [4.69, 9.17) is 4.74 Å². The zero-order valence-electron chi connectivity index (χ0n) is 18.4. The second-order valence-corrected chi connectivity index (χ2v) is 7.65. The van der Waals surface area contributed by atoms with Crippen LogP contribution < -0.4 is 4.74 Å². The molecule has 1 heterocycles. The van der Waals surface area contributed by atoms with E-state index in [1.165, 1.54) is 7.05 Å². The van der Waals surface area contributed by atoms with Crippen LogP contribution in [0.4, 0.5) is 4.39 Å². The topological polar surface area (TPSA) is 87.1 Å². The highest BCUT2D eigenvalue weighted by Crippen LogP contribution is 2.40. The van der Waals surface area contributed by atoms with Crippen LogP contribution >= 0.6 is 0 Å². The third-order valence-electron chi connectivity index (χ3n) is 5.28. The Balaban J connectivity index is 3.01. The number of carboxylic acid groups (broad SMARTS) is 1. The number of aliphatic hydroxyl groups excluding tert-OH is 1. The van der Waals surface area contributed by atoms with Crippen molar-refractivity contribution in [2.24, 2.45) is 5.92 Å². The summed E-state index contributed by atoms with van der Waals surface area (Å²) >= 11 is 0. The highest BCUT2D eigenvalue weighted by molar-refractivity contribution is 5.90. The maximum Gasteiger partial charge on any atom is 0.312 e. The third kappa shape index (κ3) is 5.22. The molecule has 0 radical (unpaired) electrons. The molecule has 1 unspecified atom stereocenters. The van der Waals surface area contributed by atoms with Crippen LogP contribution in [0.1, 0.15) is 44.7 Å². The summed E-state index contributed by atoms with van der Waals surface area (Å²) in [5.74, 6) is -2.42. The average molecular weight is 432 g/mol. The fourth-order valence-corrected chi connectivity index (χ4v) is 3.84. The summed E-state index contributed by atoms with van der Waals surface area (Å²) in [4.78, 5) is 25.0. The van der Waals surface area contributed by atoms with Crippen molar-refractivity contribution in [2.75, 3.05) is 20.3 Å². The van der Waals surface area contributed by atoms with Gasteiger partial charge in [-0.2, -0.15) is 0 Å². The predicted molar refractivity (Wildman–Crippen MR) is 117 cm³/mol. The van der Waals surface area contributed by atoms with Gasteiger partial charge in [0.05, 0.1) is 12.5 Å². The Morgan fingerprint density at radius 3 is 2.61 bits per heavy atom. The monoisotopic (exact) mass is 431 g/mol. The lowest BCUT2D eigenvalue weighted by Gasteiger charge is -2.28. The average Bonchev–Trinajstić information content (AvgIpc) is 2.75. The van der Waals surface area contributed by atoms with E-state index in [1.807, 2.05) is 20.8 Å². The molecule has 7 heteroatoms. The lowest BCUT2D eigenvalue weighted by Crippen LogP contribution is -2.30. The number of benzene rings is 1. The quantitative estimate of drug-likeness (QED) is 0.457. The highest BCUT2D eigenvalue weighted by atomic mass is 19.1. The molecule has 2 rings (SSSR count). The Labute approximate surface area is 182 Å². The molecular weight excluding hydrogens is 401 g/mol. The van der Waals surface area contributed by atoms with Crippen molar-refractivity contribution in [1.29, 1.82) is 0 Å². The van der Waals surface area contributed by atoms with Gasteiger partial charge in [-0.25, -0.2) is 4.39 Å². The highest BCUT2D eigenvalue weighted by Gasteiger charge is 2.32. The minimum Gasteiger partial charge on any atom is -0.493 e. The molecule has 0 aliphatic carbocycles. The third-order valence-corrected chi connectivity index (χ3v) is 5.28. The van der Waals surface area contributed by atoms with E-state index >= 15 is 4.39 Å². The Hall–Kier alpha value is -2.93. The Kier molecular flexibility index (Phi) is 8.56. The molecule has 1 aliphatic heterocycles. The molecule has 0 aromatic heterocycles. The number of allylic oxidation sites excluding steroid dienone is 5. The summed E-state index contributed by atoms with van der Waals surface area (Å²) in [6.07, 6.45) is 5.13. The Morgan fingerprint density at radius 1 is 1.35 bits per heavy atom. The number of ether oxygens (including phenoxy) is 1. The lowest BCUT2D eigenvalue weighted by atomic mass is 9.85. The van der Waals surface area contributed by atoms with Crippen LogP contribution in [0.3, 0.4) is 0 Å². The van der Waals surface area contributed by atoms with Crippen molar-refractivity contribution in [1.82, 2.24) is 4.90 Å². The molecule has 6 nitrogen and oxygen atoms in total. The van der Waals surface area contributed by atoms with Crippen LogP contribution in [-0.4, -0.2) is 47.8 Å². The number of aliphatic carboxylic acids is 1. The maximum atomic E-state index is 15.8. The van der Waals surface area contributed by atoms with Gasteiger partial charge in [-0.05, 0) is 57.7 Å². The summed E-state index contributed by atoms with van der Waals surface area (Å²) in [7, 11) is 1.44. The molecule has 0 saturated carbocycles. The van der Waals surface area contributed by atoms with E-state index in [1.54, 1.807) is 24.3 Å². The first-order chi connectivity index (χ1) is 14.8. The van der Waals surface area contributed by atoms with E-state index in [9.17, 15) is 19.8 Å². The summed E-state index contributed by atoms with van der Waals surface area (Å²) in [5, 5.41) is 19.4. The zero-order chi connectivity index (χ0) is 23.1. The van der Waals surface area contributed by atoms with Crippen LogP contribution in [-0.2, 0) is 16.0 Å². The fraction of sp³-hybridized carbons (Fsp3) is 0.417. The second kappa shape index (κ2) is 10.9. The number of amides is 1. The van der Waals surface area contributed by atoms with Gasteiger partial charge in [0.25, 0.3) is 0 Å². The van der Waals surface area contributed by atoms with Gasteiger partial charge in [0, 0.05) is 36.1 Å². The Bertz CT molecular complexity index is 928. The largest absolute Gasteiger partial charge is 0.493 e. The van der Waals surface area contributed by atoms with E-state index in [2.05, 4.69) is 0 Å². The molecule has 1 aromatic carbocycles. The number of nitrogens with zero attached hydrogens (tertiary/aromatic N) is 1. The summed E-state index contributed by atoms with van der Waals surface area (Å²) in [6.45, 7) is 5.62.